The Morgan fingerprint density at radius 2 is 2.04 bits per heavy atom. The van der Waals surface area contributed by atoms with Crippen LogP contribution in [0, 0.1) is 0 Å². The van der Waals surface area contributed by atoms with Crippen LogP contribution in [0.4, 0.5) is 5.82 Å². The number of rotatable bonds is 4. The number of carbonyl (C=O) groups excluding carboxylic acids is 1. The molecule has 1 aliphatic heterocycles. The molecule has 136 valence electrons. The fourth-order valence-electron chi connectivity index (χ4n) is 3.54. The van der Waals surface area contributed by atoms with Crippen molar-refractivity contribution in [3.63, 3.8) is 0 Å². The van der Waals surface area contributed by atoms with E-state index in [-0.39, 0.29) is 12.2 Å². The SMILES string of the molecule is O=C(Cc1cc(N2CCOCC2)n2nccc2n1)c1ccc2cc[nH]c2c1. The van der Waals surface area contributed by atoms with Crippen LogP contribution in [-0.4, -0.2) is 51.7 Å². The first kappa shape index (κ1) is 16.0. The van der Waals surface area contributed by atoms with Crippen molar-refractivity contribution >= 4 is 28.2 Å². The molecule has 1 N–H and O–H groups in total. The molecular weight excluding hydrogens is 342 g/mol. The molecule has 0 radical (unpaired) electrons. The number of morpholine rings is 1. The maximum absolute atomic E-state index is 12.8. The lowest BCUT2D eigenvalue weighted by Gasteiger charge is -2.29. The molecule has 0 atom stereocenters. The Labute approximate surface area is 155 Å². The Kier molecular flexibility index (Phi) is 3.86. The van der Waals surface area contributed by atoms with Crippen molar-refractivity contribution in [1.82, 2.24) is 19.6 Å². The highest BCUT2D eigenvalue weighted by atomic mass is 16.5. The molecule has 1 aliphatic rings. The largest absolute Gasteiger partial charge is 0.378 e. The second-order valence-corrected chi connectivity index (χ2v) is 6.69. The van der Waals surface area contributed by atoms with Crippen molar-refractivity contribution in [2.24, 2.45) is 0 Å². The lowest BCUT2D eigenvalue weighted by atomic mass is 10.0. The van der Waals surface area contributed by atoms with Crippen LogP contribution in [0.1, 0.15) is 16.1 Å². The topological polar surface area (TPSA) is 75.5 Å². The summed E-state index contributed by atoms with van der Waals surface area (Å²) in [4.78, 5) is 22.8. The summed E-state index contributed by atoms with van der Waals surface area (Å²) in [6, 6.07) is 11.6. The molecule has 4 aromatic rings. The number of carbonyl (C=O) groups is 1. The zero-order chi connectivity index (χ0) is 18.2. The number of hydrogen-bond donors (Lipinski definition) is 1. The molecular formula is C20H19N5O2. The standard InChI is InChI=1S/C20H19N5O2/c26-18(15-2-1-14-3-5-21-17(14)11-15)12-16-13-20(24-7-9-27-10-8-24)25-19(23-16)4-6-22-25/h1-6,11,13,21H,7-10,12H2. The highest BCUT2D eigenvalue weighted by molar-refractivity contribution is 6.00. The minimum absolute atomic E-state index is 0.0517. The Balaban J connectivity index is 1.47. The van der Waals surface area contributed by atoms with Gasteiger partial charge in [-0.25, -0.2) is 4.98 Å². The van der Waals surface area contributed by atoms with Gasteiger partial charge >= 0.3 is 0 Å². The summed E-state index contributed by atoms with van der Waals surface area (Å²) in [7, 11) is 0. The first-order chi connectivity index (χ1) is 13.3. The number of aromatic nitrogens is 4. The van der Waals surface area contributed by atoms with Crippen LogP contribution in [0.3, 0.4) is 0 Å². The number of nitrogens with zero attached hydrogens (tertiary/aromatic N) is 4. The number of H-pyrrole nitrogens is 1. The van der Waals surface area contributed by atoms with E-state index in [4.69, 9.17) is 4.74 Å². The van der Waals surface area contributed by atoms with Crippen molar-refractivity contribution in [2.75, 3.05) is 31.2 Å². The van der Waals surface area contributed by atoms with Gasteiger partial charge in [0.05, 0.1) is 31.5 Å². The maximum Gasteiger partial charge on any atom is 0.168 e. The van der Waals surface area contributed by atoms with Gasteiger partial charge in [-0.1, -0.05) is 12.1 Å². The molecule has 7 heteroatoms. The quantitative estimate of drug-likeness (QED) is 0.565. The van der Waals surface area contributed by atoms with Gasteiger partial charge in [0.2, 0.25) is 0 Å². The molecule has 0 saturated carbocycles. The van der Waals surface area contributed by atoms with Gasteiger partial charge in [-0.05, 0) is 17.5 Å². The van der Waals surface area contributed by atoms with Crippen molar-refractivity contribution < 1.29 is 9.53 Å². The molecule has 0 bridgehead atoms. The molecule has 7 nitrogen and oxygen atoms in total. The first-order valence-corrected chi connectivity index (χ1v) is 9.05. The molecule has 0 amide bonds. The third-order valence-electron chi connectivity index (χ3n) is 4.95. The van der Waals surface area contributed by atoms with Gasteiger partial charge in [0.15, 0.2) is 11.4 Å². The third kappa shape index (κ3) is 2.96. The predicted molar refractivity (Wildman–Crippen MR) is 102 cm³/mol. The van der Waals surface area contributed by atoms with Crippen LogP contribution in [-0.2, 0) is 11.2 Å². The molecule has 0 unspecified atom stereocenters. The summed E-state index contributed by atoms with van der Waals surface area (Å²) in [5, 5.41) is 5.48. The highest BCUT2D eigenvalue weighted by Crippen LogP contribution is 2.20. The maximum atomic E-state index is 12.8. The van der Waals surface area contributed by atoms with Crippen molar-refractivity contribution in [1.29, 1.82) is 0 Å². The van der Waals surface area contributed by atoms with Crippen LogP contribution in [0.15, 0.2) is 48.8 Å². The van der Waals surface area contributed by atoms with Crippen LogP contribution >= 0.6 is 0 Å². The fourth-order valence-corrected chi connectivity index (χ4v) is 3.54. The number of benzene rings is 1. The summed E-state index contributed by atoms with van der Waals surface area (Å²) < 4.78 is 7.28. The molecule has 0 spiro atoms. The van der Waals surface area contributed by atoms with Crippen LogP contribution in [0.25, 0.3) is 16.6 Å². The van der Waals surface area contributed by atoms with E-state index in [2.05, 4.69) is 20.0 Å². The summed E-state index contributed by atoms with van der Waals surface area (Å²) in [6.07, 6.45) is 3.87. The van der Waals surface area contributed by atoms with E-state index < -0.39 is 0 Å². The highest BCUT2D eigenvalue weighted by Gasteiger charge is 2.18. The van der Waals surface area contributed by atoms with Crippen LogP contribution < -0.4 is 4.90 Å². The zero-order valence-electron chi connectivity index (χ0n) is 14.8. The van der Waals surface area contributed by atoms with Crippen molar-refractivity contribution in [3.8, 4) is 0 Å². The number of hydrogen-bond acceptors (Lipinski definition) is 5. The number of ketones is 1. The second kappa shape index (κ2) is 6.51. The van der Waals surface area contributed by atoms with Gasteiger partial charge < -0.3 is 14.6 Å². The normalized spacial score (nSPS) is 14.9. The minimum atomic E-state index is 0.0517. The van der Waals surface area contributed by atoms with Gasteiger partial charge in [0.25, 0.3) is 0 Å². The molecule has 1 saturated heterocycles. The van der Waals surface area contributed by atoms with E-state index >= 15 is 0 Å². The first-order valence-electron chi connectivity index (χ1n) is 9.05. The molecule has 5 rings (SSSR count). The second-order valence-electron chi connectivity index (χ2n) is 6.69. The summed E-state index contributed by atoms with van der Waals surface area (Å²) in [5.74, 6) is 1.01. The average Bonchev–Trinajstić information content (AvgIpc) is 3.36. The average molecular weight is 361 g/mol. The number of Topliss-reactive ketones (excluding diaryl/α,β-unsaturated/α-hetero) is 1. The summed E-state index contributed by atoms with van der Waals surface area (Å²) in [6.45, 7) is 2.98. The number of ether oxygens (including phenoxy) is 1. The zero-order valence-corrected chi connectivity index (χ0v) is 14.8. The molecule has 27 heavy (non-hydrogen) atoms. The van der Waals surface area contributed by atoms with Crippen LogP contribution in [0.2, 0.25) is 0 Å². The fraction of sp³-hybridized carbons (Fsp3) is 0.250. The van der Waals surface area contributed by atoms with E-state index in [1.165, 1.54) is 0 Å². The number of anilines is 1. The molecule has 0 aliphatic carbocycles. The van der Waals surface area contributed by atoms with Gasteiger partial charge in [-0.15, -0.1) is 0 Å². The van der Waals surface area contributed by atoms with E-state index in [1.807, 2.05) is 47.1 Å². The van der Waals surface area contributed by atoms with Crippen molar-refractivity contribution in [3.05, 3.63) is 60.0 Å². The monoisotopic (exact) mass is 361 g/mol. The van der Waals surface area contributed by atoms with E-state index in [1.54, 1.807) is 6.20 Å². The van der Waals surface area contributed by atoms with Gasteiger partial charge in [0, 0.05) is 42.5 Å². The molecule has 1 fully saturated rings. The van der Waals surface area contributed by atoms with Gasteiger partial charge in [-0.3, -0.25) is 4.79 Å². The smallest absolute Gasteiger partial charge is 0.168 e. The van der Waals surface area contributed by atoms with E-state index in [0.29, 0.717) is 18.8 Å². The van der Waals surface area contributed by atoms with Gasteiger partial charge in [-0.2, -0.15) is 9.61 Å². The molecule has 4 heterocycles. The number of fused-ring (bicyclic) bond motifs is 2. The lowest BCUT2D eigenvalue weighted by Crippen LogP contribution is -2.37. The Morgan fingerprint density at radius 3 is 2.93 bits per heavy atom. The van der Waals surface area contributed by atoms with Crippen LogP contribution in [0.5, 0.6) is 0 Å². The Hall–Kier alpha value is -3.19. The van der Waals surface area contributed by atoms with Crippen molar-refractivity contribution in [2.45, 2.75) is 6.42 Å². The Morgan fingerprint density at radius 1 is 1.15 bits per heavy atom. The predicted octanol–water partition coefficient (Wildman–Crippen LogP) is 2.47. The van der Waals surface area contributed by atoms with Gasteiger partial charge in [0.1, 0.15) is 5.82 Å². The molecule has 3 aromatic heterocycles. The summed E-state index contributed by atoms with van der Waals surface area (Å²) >= 11 is 0. The lowest BCUT2D eigenvalue weighted by molar-refractivity contribution is 0.0992. The third-order valence-corrected chi connectivity index (χ3v) is 4.95. The molecule has 1 aromatic carbocycles. The number of nitrogens with one attached hydrogen (secondary N) is 1. The summed E-state index contributed by atoms with van der Waals surface area (Å²) in [5.41, 5.74) is 3.16. The number of aromatic amines is 1. The minimum Gasteiger partial charge on any atom is -0.378 e. The Bertz CT molecular complexity index is 1120. The van der Waals surface area contributed by atoms with E-state index in [9.17, 15) is 4.79 Å². The van der Waals surface area contributed by atoms with E-state index in [0.717, 1.165) is 41.2 Å².